The molecular weight excluding hydrogens is 424 g/mol. The Morgan fingerprint density at radius 3 is 2.44 bits per heavy atom. The average Bonchev–Trinajstić information content (AvgIpc) is 3.54. The summed E-state index contributed by atoms with van der Waals surface area (Å²) < 4.78 is 2.03. The number of unbranched alkanes of at least 4 members (excludes halogenated alkanes) is 1. The maximum absolute atomic E-state index is 4.85. The predicted molar refractivity (Wildman–Crippen MR) is 130 cm³/mol. The van der Waals surface area contributed by atoms with Crippen molar-refractivity contribution in [3.8, 4) is 22.6 Å². The van der Waals surface area contributed by atoms with E-state index in [4.69, 9.17) is 15.1 Å². The molecule has 0 atom stereocenters. The maximum Gasteiger partial charge on any atom is 0.180 e. The molecule has 3 heterocycles. The lowest BCUT2D eigenvalue weighted by Gasteiger charge is -2.09. The molecule has 0 fully saturated rings. The lowest BCUT2D eigenvalue weighted by Crippen LogP contribution is -2.07. The second-order valence-corrected chi connectivity index (χ2v) is 8.21. The van der Waals surface area contributed by atoms with Crippen molar-refractivity contribution in [3.63, 3.8) is 0 Å². The van der Waals surface area contributed by atoms with E-state index in [1.165, 1.54) is 5.56 Å². The van der Waals surface area contributed by atoms with Crippen molar-refractivity contribution in [3.05, 3.63) is 95.7 Å². The monoisotopic (exact) mass is 450 g/mol. The molecule has 0 unspecified atom stereocenters. The zero-order valence-electron chi connectivity index (χ0n) is 19.1. The molecule has 1 N–H and O–H groups in total. The third kappa shape index (κ3) is 4.91. The number of hydrogen-bond donors (Lipinski definition) is 1. The molecule has 5 aromatic rings. The number of pyridine rings is 1. The minimum atomic E-state index is 0.621. The highest BCUT2D eigenvalue weighted by Crippen LogP contribution is 2.28. The molecule has 0 radical (unpaired) electrons. The van der Waals surface area contributed by atoms with Gasteiger partial charge in [-0.3, -0.25) is 4.98 Å². The van der Waals surface area contributed by atoms with Crippen LogP contribution in [0, 0.1) is 0 Å². The van der Waals surface area contributed by atoms with Crippen molar-refractivity contribution in [2.75, 3.05) is 0 Å². The Hall–Kier alpha value is -4.20. The molecular formula is C26H26N8. The van der Waals surface area contributed by atoms with Crippen LogP contribution in [0.5, 0.6) is 0 Å². The van der Waals surface area contributed by atoms with E-state index in [0.29, 0.717) is 12.4 Å². The van der Waals surface area contributed by atoms with Crippen LogP contribution < -0.4 is 0 Å². The zero-order chi connectivity index (χ0) is 23.2. The highest BCUT2D eigenvalue weighted by Gasteiger charge is 2.13. The first-order chi connectivity index (χ1) is 16.8. The van der Waals surface area contributed by atoms with Crippen LogP contribution in [0.15, 0.2) is 72.9 Å². The van der Waals surface area contributed by atoms with Crippen LogP contribution in [0.25, 0.3) is 22.6 Å². The second-order valence-electron chi connectivity index (χ2n) is 8.21. The smallest absolute Gasteiger partial charge is 0.180 e. The first-order valence-electron chi connectivity index (χ1n) is 11.5. The normalized spacial score (nSPS) is 11.1. The molecule has 2 aromatic carbocycles. The van der Waals surface area contributed by atoms with Crippen LogP contribution in [0.4, 0.5) is 0 Å². The minimum absolute atomic E-state index is 0.621. The Bertz CT molecular complexity index is 1330. The van der Waals surface area contributed by atoms with Crippen LogP contribution in [0.3, 0.4) is 0 Å². The van der Waals surface area contributed by atoms with Crippen LogP contribution in [-0.2, 0) is 19.4 Å². The molecule has 0 saturated carbocycles. The van der Waals surface area contributed by atoms with Crippen molar-refractivity contribution >= 4 is 0 Å². The first kappa shape index (κ1) is 21.6. The summed E-state index contributed by atoms with van der Waals surface area (Å²) in [7, 11) is 0. The van der Waals surface area contributed by atoms with Gasteiger partial charge in [-0.1, -0.05) is 74.0 Å². The van der Waals surface area contributed by atoms with Crippen LogP contribution in [-0.4, -0.2) is 40.4 Å². The third-order valence-electron chi connectivity index (χ3n) is 5.71. The first-order valence-corrected chi connectivity index (χ1v) is 11.5. The topological polar surface area (TPSA) is 98.1 Å². The van der Waals surface area contributed by atoms with E-state index in [1.807, 2.05) is 47.3 Å². The van der Waals surface area contributed by atoms with Crippen molar-refractivity contribution in [1.82, 2.24) is 40.4 Å². The molecule has 0 amide bonds. The average molecular weight is 451 g/mol. The van der Waals surface area contributed by atoms with E-state index < -0.39 is 0 Å². The summed E-state index contributed by atoms with van der Waals surface area (Å²) >= 11 is 0. The number of aryl methyl sites for hydroxylation is 1. The van der Waals surface area contributed by atoms with Gasteiger partial charge in [0.15, 0.2) is 11.6 Å². The van der Waals surface area contributed by atoms with Gasteiger partial charge in [0.2, 0.25) is 0 Å². The molecule has 0 saturated heterocycles. The fourth-order valence-electron chi connectivity index (χ4n) is 3.96. The molecule has 8 heteroatoms. The van der Waals surface area contributed by atoms with Crippen LogP contribution >= 0.6 is 0 Å². The van der Waals surface area contributed by atoms with Crippen molar-refractivity contribution in [2.24, 2.45) is 0 Å². The standard InChI is InChI=1S/C26H26N8/c1-2-3-13-25-28-24(16-19-9-5-4-6-10-19)31-34(25)18-20-14-15-23(27-17-20)21-11-7-8-12-22(21)26-29-32-33-30-26/h4-12,14-15,17H,2-3,13,16,18H2,1H3,(H,29,30,32,33). The summed E-state index contributed by atoms with van der Waals surface area (Å²) in [5.74, 6) is 2.51. The lowest BCUT2D eigenvalue weighted by molar-refractivity contribution is 0.614. The molecule has 0 aliphatic carbocycles. The molecule has 3 aromatic heterocycles. The molecule has 34 heavy (non-hydrogen) atoms. The third-order valence-corrected chi connectivity index (χ3v) is 5.71. The predicted octanol–water partition coefficient (Wildman–Crippen LogP) is 4.50. The molecule has 170 valence electrons. The number of H-pyrrole nitrogens is 1. The van der Waals surface area contributed by atoms with E-state index in [2.05, 4.69) is 57.9 Å². The van der Waals surface area contributed by atoms with Gasteiger partial charge in [-0.15, -0.1) is 5.10 Å². The maximum atomic E-state index is 4.85. The molecule has 0 aliphatic rings. The second kappa shape index (κ2) is 10.2. The lowest BCUT2D eigenvalue weighted by atomic mass is 10.0. The highest BCUT2D eigenvalue weighted by molar-refractivity contribution is 5.78. The number of aromatic amines is 1. The summed E-state index contributed by atoms with van der Waals surface area (Å²) in [6, 6.07) is 22.4. The van der Waals surface area contributed by atoms with Gasteiger partial charge in [0.05, 0.1) is 12.2 Å². The summed E-state index contributed by atoms with van der Waals surface area (Å²) in [5.41, 5.74) is 5.05. The SMILES string of the molecule is CCCCc1nc(Cc2ccccc2)nn1Cc1ccc(-c2ccccc2-c2nnn[nH]2)nc1. The number of rotatable bonds is 9. The molecule has 5 rings (SSSR count). The van der Waals surface area contributed by atoms with E-state index in [9.17, 15) is 0 Å². The van der Waals surface area contributed by atoms with Gasteiger partial charge in [-0.25, -0.2) is 14.8 Å². The molecule has 0 aliphatic heterocycles. The van der Waals surface area contributed by atoms with Gasteiger partial charge in [-0.2, -0.15) is 5.10 Å². The highest BCUT2D eigenvalue weighted by atomic mass is 15.5. The van der Waals surface area contributed by atoms with E-state index >= 15 is 0 Å². The minimum Gasteiger partial charge on any atom is -0.256 e. The van der Waals surface area contributed by atoms with Crippen LogP contribution in [0.2, 0.25) is 0 Å². The number of nitrogens with one attached hydrogen (secondary N) is 1. The Morgan fingerprint density at radius 1 is 0.882 bits per heavy atom. The largest absolute Gasteiger partial charge is 0.256 e. The Morgan fingerprint density at radius 2 is 1.71 bits per heavy atom. The van der Waals surface area contributed by atoms with Crippen LogP contribution in [0.1, 0.15) is 42.5 Å². The number of hydrogen-bond acceptors (Lipinski definition) is 6. The molecule has 8 nitrogen and oxygen atoms in total. The van der Waals surface area contributed by atoms with Gasteiger partial charge in [0.1, 0.15) is 5.82 Å². The van der Waals surface area contributed by atoms with E-state index in [1.54, 1.807) is 0 Å². The summed E-state index contributed by atoms with van der Waals surface area (Å²) in [6.07, 6.45) is 5.78. The van der Waals surface area contributed by atoms with E-state index in [-0.39, 0.29) is 0 Å². The Labute approximate surface area is 198 Å². The number of benzene rings is 2. The number of tetrazole rings is 1. The van der Waals surface area contributed by atoms with Gasteiger partial charge in [-0.05, 0) is 34.0 Å². The van der Waals surface area contributed by atoms with Crippen molar-refractivity contribution in [1.29, 1.82) is 0 Å². The van der Waals surface area contributed by atoms with Gasteiger partial charge in [0, 0.05) is 30.2 Å². The number of nitrogens with zero attached hydrogens (tertiary/aromatic N) is 7. The molecule has 0 spiro atoms. The summed E-state index contributed by atoms with van der Waals surface area (Å²) in [6.45, 7) is 2.84. The Kier molecular flexibility index (Phi) is 6.47. The van der Waals surface area contributed by atoms with Gasteiger partial charge in [0.25, 0.3) is 0 Å². The quantitative estimate of drug-likeness (QED) is 0.355. The zero-order valence-corrected chi connectivity index (χ0v) is 19.1. The summed E-state index contributed by atoms with van der Waals surface area (Å²) in [4.78, 5) is 9.59. The van der Waals surface area contributed by atoms with E-state index in [0.717, 1.165) is 59.7 Å². The Balaban J connectivity index is 1.38. The van der Waals surface area contributed by atoms with Crippen molar-refractivity contribution in [2.45, 2.75) is 39.2 Å². The summed E-state index contributed by atoms with van der Waals surface area (Å²) in [5, 5.41) is 19.1. The van der Waals surface area contributed by atoms with Crippen molar-refractivity contribution < 1.29 is 0 Å². The van der Waals surface area contributed by atoms with Gasteiger partial charge >= 0.3 is 0 Å². The number of aromatic nitrogens is 8. The van der Waals surface area contributed by atoms with Gasteiger partial charge < -0.3 is 0 Å². The fourth-order valence-corrected chi connectivity index (χ4v) is 3.96. The fraction of sp³-hybridized carbons (Fsp3) is 0.231. The molecule has 0 bridgehead atoms.